The van der Waals surface area contributed by atoms with E-state index >= 15 is 0 Å². The Morgan fingerprint density at radius 1 is 1.00 bits per heavy atom. The minimum absolute atomic E-state index is 0.112. The third kappa shape index (κ3) is 3.19. The van der Waals surface area contributed by atoms with Crippen molar-refractivity contribution in [3.63, 3.8) is 0 Å². The maximum Gasteiger partial charge on any atom is 0.169 e. The first-order valence-electron chi connectivity index (χ1n) is 7.59. The SMILES string of the molecule is CC.COc1ccc(C2[C@@H](C(=O)c3ccccc3)[C@H]2F)cc1. The minimum Gasteiger partial charge on any atom is -0.497 e. The van der Waals surface area contributed by atoms with Crippen LogP contribution in [0.4, 0.5) is 4.39 Å². The van der Waals surface area contributed by atoms with Crippen LogP contribution >= 0.6 is 0 Å². The predicted molar refractivity (Wildman–Crippen MR) is 86.2 cm³/mol. The number of hydrogen-bond acceptors (Lipinski definition) is 2. The largest absolute Gasteiger partial charge is 0.497 e. The molecule has 3 heteroatoms. The number of halogens is 1. The molecule has 1 aliphatic carbocycles. The molecule has 2 nitrogen and oxygen atoms in total. The van der Waals surface area contributed by atoms with Crippen molar-refractivity contribution in [2.75, 3.05) is 7.11 Å². The predicted octanol–water partition coefficient (Wildman–Crippen LogP) is 4.66. The Labute approximate surface area is 130 Å². The monoisotopic (exact) mass is 300 g/mol. The van der Waals surface area contributed by atoms with Crippen LogP contribution in [0.15, 0.2) is 54.6 Å². The first kappa shape index (κ1) is 16.2. The van der Waals surface area contributed by atoms with E-state index in [1.165, 1.54) is 0 Å². The number of hydrogen-bond donors (Lipinski definition) is 0. The maximum atomic E-state index is 14.0. The molecule has 0 aliphatic heterocycles. The normalized spacial score (nSPS) is 22.3. The highest BCUT2D eigenvalue weighted by Crippen LogP contribution is 2.52. The molecule has 1 aliphatic rings. The van der Waals surface area contributed by atoms with Gasteiger partial charge in [0.05, 0.1) is 13.0 Å². The first-order chi connectivity index (χ1) is 10.7. The summed E-state index contributed by atoms with van der Waals surface area (Å²) in [5.41, 5.74) is 1.43. The smallest absolute Gasteiger partial charge is 0.169 e. The molecule has 0 amide bonds. The molecule has 116 valence electrons. The number of methoxy groups -OCH3 is 1. The summed E-state index contributed by atoms with van der Waals surface area (Å²) in [4.78, 5) is 12.3. The summed E-state index contributed by atoms with van der Waals surface area (Å²) in [6, 6.07) is 16.2. The van der Waals surface area contributed by atoms with E-state index in [-0.39, 0.29) is 11.7 Å². The van der Waals surface area contributed by atoms with Gasteiger partial charge >= 0.3 is 0 Å². The summed E-state index contributed by atoms with van der Waals surface area (Å²) in [5.74, 6) is -0.255. The molecule has 1 saturated carbocycles. The lowest BCUT2D eigenvalue weighted by Crippen LogP contribution is -2.04. The molecule has 0 bridgehead atoms. The average Bonchev–Trinajstić information content (AvgIpc) is 3.28. The average molecular weight is 300 g/mol. The Balaban J connectivity index is 0.000000847. The van der Waals surface area contributed by atoms with Gasteiger partial charge in [-0.3, -0.25) is 4.79 Å². The van der Waals surface area contributed by atoms with Gasteiger partial charge in [-0.1, -0.05) is 56.3 Å². The molecule has 22 heavy (non-hydrogen) atoms. The summed E-state index contributed by atoms with van der Waals surface area (Å²) in [6.07, 6.45) is -1.09. The number of benzene rings is 2. The third-order valence-corrected chi connectivity index (χ3v) is 3.79. The Morgan fingerprint density at radius 3 is 2.14 bits per heavy atom. The zero-order valence-corrected chi connectivity index (χ0v) is 13.1. The Kier molecular flexibility index (Phi) is 5.31. The number of carbonyl (C=O) groups is 1. The van der Waals surface area contributed by atoms with Crippen molar-refractivity contribution in [3.05, 3.63) is 65.7 Å². The Morgan fingerprint density at radius 2 is 1.59 bits per heavy atom. The first-order valence-corrected chi connectivity index (χ1v) is 7.59. The van der Waals surface area contributed by atoms with Crippen LogP contribution in [0.1, 0.15) is 35.7 Å². The molecular weight excluding hydrogens is 279 g/mol. The van der Waals surface area contributed by atoms with Gasteiger partial charge in [-0.2, -0.15) is 0 Å². The molecule has 3 atom stereocenters. The quantitative estimate of drug-likeness (QED) is 0.768. The van der Waals surface area contributed by atoms with Gasteiger partial charge in [-0.15, -0.1) is 0 Å². The van der Waals surface area contributed by atoms with Gasteiger partial charge in [0.2, 0.25) is 0 Å². The zero-order chi connectivity index (χ0) is 16.1. The van der Waals surface area contributed by atoms with Gasteiger partial charge in [-0.25, -0.2) is 4.39 Å². The van der Waals surface area contributed by atoms with E-state index in [0.29, 0.717) is 5.56 Å². The molecule has 2 aromatic carbocycles. The highest BCUT2D eigenvalue weighted by Gasteiger charge is 2.56. The minimum atomic E-state index is -1.09. The van der Waals surface area contributed by atoms with Gasteiger partial charge < -0.3 is 4.74 Å². The van der Waals surface area contributed by atoms with Crippen LogP contribution in [0.2, 0.25) is 0 Å². The maximum absolute atomic E-state index is 14.0. The van der Waals surface area contributed by atoms with E-state index in [9.17, 15) is 9.18 Å². The number of alkyl halides is 1. The third-order valence-electron chi connectivity index (χ3n) is 3.79. The molecule has 0 radical (unpaired) electrons. The summed E-state index contributed by atoms with van der Waals surface area (Å²) in [5, 5.41) is 0. The van der Waals surface area contributed by atoms with E-state index < -0.39 is 12.1 Å². The second-order valence-electron chi connectivity index (χ2n) is 5.00. The van der Waals surface area contributed by atoms with Gasteiger partial charge in [0, 0.05) is 11.5 Å². The molecule has 0 aromatic heterocycles. The summed E-state index contributed by atoms with van der Waals surface area (Å²) in [6.45, 7) is 4.00. The molecule has 3 rings (SSSR count). The second-order valence-corrected chi connectivity index (χ2v) is 5.00. The highest BCUT2D eigenvalue weighted by atomic mass is 19.1. The molecular formula is C19H21FO2. The van der Waals surface area contributed by atoms with Crippen molar-refractivity contribution in [1.29, 1.82) is 0 Å². The topological polar surface area (TPSA) is 26.3 Å². The Hall–Kier alpha value is -2.16. The van der Waals surface area contributed by atoms with E-state index in [0.717, 1.165) is 11.3 Å². The molecule has 2 aromatic rings. The van der Waals surface area contributed by atoms with Crippen LogP contribution in [0.5, 0.6) is 5.75 Å². The number of Topliss-reactive ketones (excluding diaryl/α,β-unsaturated/α-hetero) is 1. The van der Waals surface area contributed by atoms with Crippen LogP contribution in [0, 0.1) is 5.92 Å². The van der Waals surface area contributed by atoms with E-state index in [2.05, 4.69) is 0 Å². The lowest BCUT2D eigenvalue weighted by atomic mass is 10.0. The van der Waals surface area contributed by atoms with Crippen molar-refractivity contribution >= 4 is 5.78 Å². The number of carbonyl (C=O) groups excluding carboxylic acids is 1. The molecule has 0 N–H and O–H groups in total. The van der Waals surface area contributed by atoms with Gasteiger partial charge in [-0.05, 0) is 17.7 Å². The van der Waals surface area contributed by atoms with Crippen molar-refractivity contribution in [2.24, 2.45) is 5.92 Å². The van der Waals surface area contributed by atoms with Gasteiger partial charge in [0.15, 0.2) is 5.78 Å². The zero-order valence-electron chi connectivity index (χ0n) is 13.1. The summed E-state index contributed by atoms with van der Waals surface area (Å²) in [7, 11) is 1.59. The molecule has 1 fully saturated rings. The number of rotatable bonds is 4. The lowest BCUT2D eigenvalue weighted by Gasteiger charge is -2.02. The van der Waals surface area contributed by atoms with E-state index in [4.69, 9.17) is 4.74 Å². The standard InChI is InChI=1S/C17H15FO2.C2H6/c1-20-13-9-7-11(8-10-13)14-15(16(14)18)17(19)12-5-3-2-4-6-12;1-2/h2-10,14-16H,1H3;1-2H3/t14?,15-,16+;/m1./s1. The van der Waals surface area contributed by atoms with Crippen LogP contribution in [-0.4, -0.2) is 19.1 Å². The van der Waals surface area contributed by atoms with Gasteiger partial charge in [0.25, 0.3) is 0 Å². The fraction of sp³-hybridized carbons (Fsp3) is 0.316. The van der Waals surface area contributed by atoms with Crippen molar-refractivity contribution in [2.45, 2.75) is 25.9 Å². The lowest BCUT2D eigenvalue weighted by molar-refractivity contribution is 0.0956. The number of ether oxygens (including phenoxy) is 1. The van der Waals surface area contributed by atoms with Crippen LogP contribution < -0.4 is 4.74 Å². The van der Waals surface area contributed by atoms with E-state index in [1.54, 1.807) is 43.5 Å². The summed E-state index contributed by atoms with van der Waals surface area (Å²) >= 11 is 0. The number of ketones is 1. The van der Waals surface area contributed by atoms with Crippen LogP contribution in [0.25, 0.3) is 0 Å². The molecule has 0 heterocycles. The fourth-order valence-electron chi connectivity index (χ4n) is 2.59. The molecule has 0 saturated heterocycles. The Bertz CT molecular complexity index is 607. The van der Waals surface area contributed by atoms with Gasteiger partial charge in [0.1, 0.15) is 11.9 Å². The van der Waals surface area contributed by atoms with E-state index in [1.807, 2.05) is 32.0 Å². The second kappa shape index (κ2) is 7.21. The van der Waals surface area contributed by atoms with Crippen molar-refractivity contribution < 1.29 is 13.9 Å². The van der Waals surface area contributed by atoms with Crippen LogP contribution in [-0.2, 0) is 0 Å². The fourth-order valence-corrected chi connectivity index (χ4v) is 2.59. The van der Waals surface area contributed by atoms with Crippen LogP contribution in [0.3, 0.4) is 0 Å². The molecule has 1 unspecified atom stereocenters. The summed E-state index contributed by atoms with van der Waals surface area (Å²) < 4.78 is 19.1. The molecule has 0 spiro atoms. The highest BCUT2D eigenvalue weighted by molar-refractivity contribution is 6.01. The van der Waals surface area contributed by atoms with Crippen molar-refractivity contribution in [3.8, 4) is 5.75 Å². The van der Waals surface area contributed by atoms with Crippen molar-refractivity contribution in [1.82, 2.24) is 0 Å².